The monoisotopic (exact) mass is 226 g/mol. The normalized spacial score (nSPS) is 36.9. The van der Waals surface area contributed by atoms with Gasteiger partial charge in [0.1, 0.15) is 0 Å². The third kappa shape index (κ3) is 2.60. The van der Waals surface area contributed by atoms with E-state index in [-0.39, 0.29) is 0 Å². The fraction of sp³-hybridized carbons (Fsp3) is 1.00. The number of aliphatic hydroxyl groups excluding tert-OH is 1. The molecule has 1 atom stereocenters. The van der Waals surface area contributed by atoms with Crippen molar-refractivity contribution in [3.05, 3.63) is 0 Å². The van der Waals surface area contributed by atoms with Crippen molar-refractivity contribution in [3.8, 4) is 0 Å². The van der Waals surface area contributed by atoms with E-state index in [0.29, 0.717) is 5.92 Å². The summed E-state index contributed by atoms with van der Waals surface area (Å²) in [4.78, 5) is 0. The Labute approximate surface area is 99.1 Å². The molecule has 1 unspecified atom stereocenters. The second-order valence-electron chi connectivity index (χ2n) is 6.13. The van der Waals surface area contributed by atoms with Gasteiger partial charge in [-0.15, -0.1) is 0 Å². The zero-order valence-electron chi connectivity index (χ0n) is 10.5. The average Bonchev–Trinajstić information content (AvgIpc) is 2.30. The molecule has 0 aromatic rings. The van der Waals surface area contributed by atoms with Gasteiger partial charge in [0.2, 0.25) is 0 Å². The molecule has 0 radical (unpaired) electrons. The summed E-state index contributed by atoms with van der Waals surface area (Å²) in [5, 5.41) is 20.9. The average molecular weight is 226 g/mol. The molecule has 0 aliphatic heterocycles. The van der Waals surface area contributed by atoms with Gasteiger partial charge in [-0.3, -0.25) is 0 Å². The summed E-state index contributed by atoms with van der Waals surface area (Å²) < 4.78 is 0. The first-order chi connectivity index (χ1) is 7.62. The van der Waals surface area contributed by atoms with E-state index in [4.69, 9.17) is 0 Å². The highest BCUT2D eigenvalue weighted by Gasteiger charge is 2.41. The highest BCUT2D eigenvalue weighted by Crippen LogP contribution is 2.39. The molecule has 2 aliphatic carbocycles. The Balaban J connectivity index is 1.92. The molecule has 0 bridgehead atoms. The third-order valence-corrected chi connectivity index (χ3v) is 4.78. The standard InChI is InChI=1S/C14H26O2/c1-11-5-7-12(8-6-11)13(15)14(16)9-3-2-4-10-14/h11-13,15-16H,2-10H2,1H3. The topological polar surface area (TPSA) is 40.5 Å². The van der Waals surface area contributed by atoms with Gasteiger partial charge in [-0.25, -0.2) is 0 Å². The van der Waals surface area contributed by atoms with E-state index in [0.717, 1.165) is 44.4 Å². The smallest absolute Gasteiger partial charge is 0.0908 e. The zero-order valence-corrected chi connectivity index (χ0v) is 10.5. The van der Waals surface area contributed by atoms with Crippen molar-refractivity contribution in [1.29, 1.82) is 0 Å². The van der Waals surface area contributed by atoms with Gasteiger partial charge in [0.15, 0.2) is 0 Å². The lowest BCUT2D eigenvalue weighted by atomic mass is 9.71. The van der Waals surface area contributed by atoms with E-state index in [1.165, 1.54) is 19.3 Å². The van der Waals surface area contributed by atoms with Gasteiger partial charge in [-0.05, 0) is 37.5 Å². The number of hydrogen-bond acceptors (Lipinski definition) is 2. The Bertz CT molecular complexity index is 213. The Morgan fingerprint density at radius 3 is 2.12 bits per heavy atom. The van der Waals surface area contributed by atoms with E-state index in [1.807, 2.05) is 0 Å². The van der Waals surface area contributed by atoms with Crippen LogP contribution < -0.4 is 0 Å². The van der Waals surface area contributed by atoms with Gasteiger partial charge >= 0.3 is 0 Å². The SMILES string of the molecule is CC1CCC(C(O)C2(O)CCCCC2)CC1. The van der Waals surface area contributed by atoms with Crippen LogP contribution in [-0.4, -0.2) is 21.9 Å². The first-order valence-electron chi connectivity index (χ1n) is 7.02. The van der Waals surface area contributed by atoms with Crippen molar-refractivity contribution in [3.63, 3.8) is 0 Å². The van der Waals surface area contributed by atoms with E-state index in [2.05, 4.69) is 6.92 Å². The second-order valence-corrected chi connectivity index (χ2v) is 6.13. The fourth-order valence-electron chi connectivity index (χ4n) is 3.50. The first kappa shape index (κ1) is 12.4. The summed E-state index contributed by atoms with van der Waals surface area (Å²) in [6, 6.07) is 0. The molecule has 2 N–H and O–H groups in total. The lowest BCUT2D eigenvalue weighted by Gasteiger charge is -2.42. The number of rotatable bonds is 2. The minimum atomic E-state index is -0.760. The minimum absolute atomic E-state index is 0.347. The van der Waals surface area contributed by atoms with Gasteiger partial charge < -0.3 is 10.2 Å². The molecule has 2 fully saturated rings. The summed E-state index contributed by atoms with van der Waals surface area (Å²) in [7, 11) is 0. The van der Waals surface area contributed by atoms with E-state index >= 15 is 0 Å². The number of hydrogen-bond donors (Lipinski definition) is 2. The van der Waals surface area contributed by atoms with Gasteiger partial charge in [-0.1, -0.05) is 39.0 Å². The molecule has 94 valence electrons. The summed E-state index contributed by atoms with van der Waals surface area (Å²) in [6.45, 7) is 2.29. The molecule has 0 aromatic heterocycles. The summed E-state index contributed by atoms with van der Waals surface area (Å²) >= 11 is 0. The Kier molecular flexibility index (Phi) is 3.91. The number of aliphatic hydroxyl groups is 2. The third-order valence-electron chi connectivity index (χ3n) is 4.78. The highest BCUT2D eigenvalue weighted by atomic mass is 16.3. The van der Waals surface area contributed by atoms with Gasteiger partial charge in [-0.2, -0.15) is 0 Å². The summed E-state index contributed by atoms with van der Waals surface area (Å²) in [5.74, 6) is 1.16. The molecular weight excluding hydrogens is 200 g/mol. The molecule has 2 nitrogen and oxygen atoms in total. The van der Waals surface area contributed by atoms with Crippen LogP contribution in [0.3, 0.4) is 0 Å². The molecule has 0 heterocycles. The van der Waals surface area contributed by atoms with E-state index in [1.54, 1.807) is 0 Å². The van der Waals surface area contributed by atoms with Crippen molar-refractivity contribution >= 4 is 0 Å². The van der Waals surface area contributed by atoms with Crippen LogP contribution in [0.2, 0.25) is 0 Å². The highest BCUT2D eigenvalue weighted by molar-refractivity contribution is 4.93. The zero-order chi connectivity index (χ0) is 11.6. The summed E-state index contributed by atoms with van der Waals surface area (Å²) in [5.41, 5.74) is -0.760. The predicted octanol–water partition coefficient (Wildman–Crippen LogP) is 2.87. The molecule has 16 heavy (non-hydrogen) atoms. The van der Waals surface area contributed by atoms with Crippen LogP contribution in [0.15, 0.2) is 0 Å². The van der Waals surface area contributed by atoms with Crippen molar-refractivity contribution < 1.29 is 10.2 Å². The van der Waals surface area contributed by atoms with Crippen molar-refractivity contribution in [2.24, 2.45) is 11.8 Å². The molecule has 2 saturated carbocycles. The van der Waals surface area contributed by atoms with Crippen LogP contribution >= 0.6 is 0 Å². The lowest BCUT2D eigenvalue weighted by Crippen LogP contribution is -2.48. The molecule has 2 heteroatoms. The van der Waals surface area contributed by atoms with Crippen molar-refractivity contribution in [1.82, 2.24) is 0 Å². The molecular formula is C14H26O2. The molecule has 2 rings (SSSR count). The van der Waals surface area contributed by atoms with Gasteiger partial charge in [0.25, 0.3) is 0 Å². The maximum atomic E-state index is 10.5. The second kappa shape index (κ2) is 5.05. The fourth-order valence-corrected chi connectivity index (χ4v) is 3.50. The van der Waals surface area contributed by atoms with Crippen LogP contribution in [0, 0.1) is 11.8 Å². The Hall–Kier alpha value is -0.0800. The molecule has 0 aromatic carbocycles. The van der Waals surface area contributed by atoms with Crippen molar-refractivity contribution in [2.75, 3.05) is 0 Å². The molecule has 0 amide bonds. The quantitative estimate of drug-likeness (QED) is 0.760. The minimum Gasteiger partial charge on any atom is -0.390 e. The van der Waals surface area contributed by atoms with Gasteiger partial charge in [0, 0.05) is 0 Å². The largest absolute Gasteiger partial charge is 0.390 e. The van der Waals surface area contributed by atoms with E-state index < -0.39 is 11.7 Å². The predicted molar refractivity (Wildman–Crippen MR) is 65.2 cm³/mol. The van der Waals surface area contributed by atoms with Crippen molar-refractivity contribution in [2.45, 2.75) is 76.4 Å². The Morgan fingerprint density at radius 1 is 1.00 bits per heavy atom. The van der Waals surface area contributed by atoms with Crippen LogP contribution in [0.1, 0.15) is 64.7 Å². The first-order valence-corrected chi connectivity index (χ1v) is 7.02. The Morgan fingerprint density at radius 2 is 1.56 bits per heavy atom. The van der Waals surface area contributed by atoms with Gasteiger partial charge in [0.05, 0.1) is 11.7 Å². The maximum Gasteiger partial charge on any atom is 0.0908 e. The lowest BCUT2D eigenvalue weighted by molar-refractivity contribution is -0.126. The molecule has 0 saturated heterocycles. The maximum absolute atomic E-state index is 10.5. The van der Waals surface area contributed by atoms with Crippen LogP contribution in [0.25, 0.3) is 0 Å². The van der Waals surface area contributed by atoms with Crippen LogP contribution in [-0.2, 0) is 0 Å². The molecule has 0 spiro atoms. The van der Waals surface area contributed by atoms with E-state index in [9.17, 15) is 10.2 Å². The summed E-state index contributed by atoms with van der Waals surface area (Å²) in [6.07, 6.45) is 9.16. The van der Waals surface area contributed by atoms with Crippen LogP contribution in [0.5, 0.6) is 0 Å². The molecule has 2 aliphatic rings. The van der Waals surface area contributed by atoms with Crippen LogP contribution in [0.4, 0.5) is 0 Å².